The SMILES string of the molecule is CCC(CC)C(=O)/C=C(\O)C(CC)CC.[2H]c1nc(-c2[c-]c(C)cc(C(C)(C)C)c2)c2ccc(CC(C)C)cc2c1[2H].[2H]c1nc(-c2[c-]c(C)cc(C(C)(C)C)c2)c2ccc(CC(C)C)cc2c1[2H].[Ir]. The first-order chi connectivity index (χ1) is 32.2. The number of aryl methyl sites for hydroxylation is 2. The van der Waals surface area contributed by atoms with Crippen LogP contribution in [0.3, 0.4) is 0 Å². The van der Waals surface area contributed by atoms with Gasteiger partial charge in [0.2, 0.25) is 0 Å². The molecule has 0 spiro atoms. The summed E-state index contributed by atoms with van der Waals surface area (Å²) in [5.74, 6) is 1.65. The van der Waals surface area contributed by atoms with Crippen LogP contribution in [0, 0.1) is 49.7 Å². The molecule has 66 heavy (non-hydrogen) atoms. The monoisotopic (exact) mass is 1070 g/mol. The molecule has 357 valence electrons. The molecule has 2 heterocycles. The summed E-state index contributed by atoms with van der Waals surface area (Å²) >= 11 is 0. The Hall–Kier alpha value is -4.44. The number of aliphatic hydroxyl groups excluding tert-OH is 1. The van der Waals surface area contributed by atoms with Crippen molar-refractivity contribution in [2.75, 3.05) is 0 Å². The summed E-state index contributed by atoms with van der Waals surface area (Å²) in [6, 6.07) is 28.3. The number of benzene rings is 4. The molecule has 0 aliphatic rings. The van der Waals surface area contributed by atoms with Crippen molar-refractivity contribution in [3.63, 3.8) is 0 Å². The number of allylic oxidation sites excluding steroid dienone is 2. The normalized spacial score (nSPS) is 12.9. The van der Waals surface area contributed by atoms with Gasteiger partial charge in [-0.2, -0.15) is 0 Å². The molecule has 4 nitrogen and oxygen atoms in total. The van der Waals surface area contributed by atoms with E-state index in [0.717, 1.165) is 93.7 Å². The van der Waals surface area contributed by atoms with Crippen LogP contribution >= 0.6 is 0 Å². The second-order valence-corrected chi connectivity index (χ2v) is 20.8. The van der Waals surface area contributed by atoms with E-state index in [0.29, 0.717) is 11.8 Å². The van der Waals surface area contributed by atoms with E-state index in [4.69, 9.17) is 5.48 Å². The Morgan fingerprint density at radius 2 is 1.02 bits per heavy atom. The average Bonchev–Trinajstić information content (AvgIpc) is 3.26. The number of pyridine rings is 2. The van der Waals surface area contributed by atoms with E-state index in [9.17, 15) is 9.90 Å². The molecular formula is C61H80IrN2O2-2. The van der Waals surface area contributed by atoms with Crippen LogP contribution in [0.2, 0.25) is 0 Å². The molecule has 0 aliphatic heterocycles. The fourth-order valence-corrected chi connectivity index (χ4v) is 8.15. The average molecular weight is 1070 g/mol. The summed E-state index contributed by atoms with van der Waals surface area (Å²) in [5, 5.41) is 13.2. The zero-order chi connectivity index (χ0) is 51.7. The molecular weight excluding hydrogens is 985 g/mol. The van der Waals surface area contributed by atoms with Crippen LogP contribution in [0.4, 0.5) is 0 Å². The molecule has 0 fully saturated rings. The Bertz CT molecular complexity index is 2590. The van der Waals surface area contributed by atoms with Crippen LogP contribution in [-0.4, -0.2) is 20.9 Å². The van der Waals surface area contributed by atoms with E-state index in [1.165, 1.54) is 28.3 Å². The minimum atomic E-state index is 0. The van der Waals surface area contributed by atoms with Gasteiger partial charge in [-0.05, 0) is 117 Å². The third-order valence-corrected chi connectivity index (χ3v) is 12.0. The summed E-state index contributed by atoms with van der Waals surface area (Å²) in [5.41, 5.74) is 10.3. The standard InChI is InChI=1S/2C24H28N.C13H24O2.Ir/c2*1-16(2)11-18-7-8-22-19(14-18)9-10-25-23(22)20-12-17(3)13-21(15-20)24(4,5)6;1-5-10(6-2)12(14)9-13(15)11(7-3)8-4;/h2*7-10,13-16H,11H2,1-6H3;9-11,14H,5-8H2,1-4H3;/q2*-1;;/b;;12-9-;/i2*9D,10D;;. The van der Waals surface area contributed by atoms with Gasteiger partial charge < -0.3 is 15.1 Å². The summed E-state index contributed by atoms with van der Waals surface area (Å²) in [6.45, 7) is 34.1. The zero-order valence-corrected chi connectivity index (χ0v) is 45.4. The second-order valence-electron chi connectivity index (χ2n) is 20.8. The number of carbonyl (C=O) groups is 1. The minimum absolute atomic E-state index is 0. The number of fused-ring (bicyclic) bond motifs is 2. The Labute approximate surface area is 419 Å². The van der Waals surface area contributed by atoms with Gasteiger partial charge in [0.1, 0.15) is 0 Å². The van der Waals surface area contributed by atoms with Crippen LogP contribution in [0.15, 0.2) is 96.9 Å². The molecule has 4 aromatic carbocycles. The fraction of sp³-hybridized carbons (Fsp3) is 0.459. The van der Waals surface area contributed by atoms with Crippen LogP contribution in [0.1, 0.15) is 161 Å². The van der Waals surface area contributed by atoms with Gasteiger partial charge in [-0.1, -0.05) is 147 Å². The Balaban J connectivity index is 0.000000289. The first-order valence-corrected chi connectivity index (χ1v) is 24.1. The third kappa shape index (κ3) is 15.8. The first-order valence-electron chi connectivity index (χ1n) is 26.1. The largest absolute Gasteiger partial charge is 0.512 e. The van der Waals surface area contributed by atoms with Crippen molar-refractivity contribution < 1.29 is 35.5 Å². The number of aromatic nitrogens is 2. The van der Waals surface area contributed by atoms with Crippen molar-refractivity contribution in [3.8, 4) is 22.5 Å². The zero-order valence-electron chi connectivity index (χ0n) is 47.0. The number of hydrogen-bond donors (Lipinski definition) is 1. The number of hydrogen-bond acceptors (Lipinski definition) is 4. The molecule has 2 aromatic heterocycles. The van der Waals surface area contributed by atoms with Gasteiger partial charge in [0.05, 0.1) is 11.2 Å². The number of nitrogens with zero attached hydrogens (tertiary/aromatic N) is 2. The molecule has 6 aromatic rings. The molecule has 0 atom stereocenters. The van der Waals surface area contributed by atoms with E-state index < -0.39 is 0 Å². The molecule has 1 N–H and O–H groups in total. The molecule has 6 rings (SSSR count). The number of aliphatic hydroxyl groups is 1. The van der Waals surface area contributed by atoms with E-state index >= 15 is 0 Å². The summed E-state index contributed by atoms with van der Waals surface area (Å²) in [7, 11) is 0. The predicted octanol–water partition coefficient (Wildman–Crippen LogP) is 16.9. The molecule has 0 amide bonds. The number of ketones is 1. The maximum atomic E-state index is 11.7. The van der Waals surface area contributed by atoms with Crippen LogP contribution < -0.4 is 0 Å². The Kier molecular flexibility index (Phi) is 18.8. The van der Waals surface area contributed by atoms with Crippen molar-refractivity contribution in [2.45, 2.75) is 160 Å². The van der Waals surface area contributed by atoms with E-state index in [1.54, 1.807) is 0 Å². The molecule has 0 saturated heterocycles. The van der Waals surface area contributed by atoms with Gasteiger partial charge >= 0.3 is 0 Å². The topological polar surface area (TPSA) is 63.1 Å². The van der Waals surface area contributed by atoms with Gasteiger partial charge in [-0.15, -0.1) is 69.8 Å². The quantitative estimate of drug-likeness (QED) is 0.0711. The van der Waals surface area contributed by atoms with E-state index in [2.05, 4.69) is 152 Å². The molecule has 0 aliphatic carbocycles. The van der Waals surface area contributed by atoms with Gasteiger partial charge in [0.15, 0.2) is 5.78 Å². The van der Waals surface area contributed by atoms with Crippen molar-refractivity contribution in [3.05, 3.63) is 142 Å². The molecule has 0 unspecified atom stereocenters. The Morgan fingerprint density at radius 3 is 1.35 bits per heavy atom. The molecule has 0 bridgehead atoms. The number of carbonyl (C=O) groups excluding carboxylic acids is 1. The molecule has 1 radical (unpaired) electrons. The summed E-state index contributed by atoms with van der Waals surface area (Å²) < 4.78 is 33.1. The van der Waals surface area contributed by atoms with Gasteiger partial charge in [0.25, 0.3) is 0 Å². The van der Waals surface area contributed by atoms with Crippen molar-refractivity contribution in [2.24, 2.45) is 23.7 Å². The minimum Gasteiger partial charge on any atom is -0.512 e. The second kappa shape index (κ2) is 25.1. The van der Waals surface area contributed by atoms with Crippen molar-refractivity contribution in [1.29, 1.82) is 0 Å². The van der Waals surface area contributed by atoms with Crippen molar-refractivity contribution in [1.82, 2.24) is 9.97 Å². The third-order valence-electron chi connectivity index (χ3n) is 12.0. The Morgan fingerprint density at radius 1 is 0.636 bits per heavy atom. The van der Waals surface area contributed by atoms with Crippen molar-refractivity contribution >= 4 is 27.3 Å². The fourth-order valence-electron chi connectivity index (χ4n) is 8.15. The summed E-state index contributed by atoms with van der Waals surface area (Å²) in [4.78, 5) is 20.7. The summed E-state index contributed by atoms with van der Waals surface area (Å²) in [6.07, 6.45) is 6.87. The van der Waals surface area contributed by atoms with Gasteiger partial charge in [-0.3, -0.25) is 4.79 Å². The maximum absolute atomic E-state index is 11.7. The van der Waals surface area contributed by atoms with Gasteiger partial charge in [-0.25, -0.2) is 0 Å². The van der Waals surface area contributed by atoms with Gasteiger partial charge in [0, 0.05) is 50.4 Å². The molecule has 0 saturated carbocycles. The maximum Gasteiger partial charge on any atom is 0.162 e. The van der Waals surface area contributed by atoms with E-state index in [1.807, 2.05) is 41.5 Å². The van der Waals surface area contributed by atoms with E-state index in [-0.39, 0.29) is 78.7 Å². The van der Waals surface area contributed by atoms with Crippen LogP contribution in [-0.2, 0) is 48.6 Å². The van der Waals surface area contributed by atoms with Crippen LogP contribution in [0.5, 0.6) is 0 Å². The molecule has 5 heteroatoms. The smallest absolute Gasteiger partial charge is 0.162 e. The van der Waals surface area contributed by atoms with Crippen LogP contribution in [0.25, 0.3) is 44.1 Å². The number of rotatable bonds is 13. The predicted molar refractivity (Wildman–Crippen MR) is 280 cm³/mol. The first kappa shape index (κ1) is 49.5.